The Hall–Kier alpha value is -1.81. The molecule has 0 bridgehead atoms. The van der Waals surface area contributed by atoms with E-state index in [9.17, 15) is 9.90 Å². The van der Waals surface area contributed by atoms with E-state index in [1.54, 1.807) is 12.1 Å². The third kappa shape index (κ3) is 3.20. The van der Waals surface area contributed by atoms with Crippen molar-refractivity contribution in [3.05, 3.63) is 63.6 Å². The quantitative estimate of drug-likeness (QED) is 0.857. The monoisotopic (exact) mass is 333 g/mol. The van der Waals surface area contributed by atoms with Crippen LogP contribution in [0.2, 0.25) is 0 Å². The summed E-state index contributed by atoms with van der Waals surface area (Å²) in [5, 5.41) is 12.6. The molecule has 0 saturated heterocycles. The Kier molecular flexibility index (Phi) is 4.45. The van der Waals surface area contributed by atoms with Crippen LogP contribution >= 0.6 is 15.9 Å². The summed E-state index contributed by atoms with van der Waals surface area (Å²) in [5.74, 6) is -0.917. The summed E-state index contributed by atoms with van der Waals surface area (Å²) in [4.78, 5) is 11.3. The first kappa shape index (κ1) is 14.6. The Morgan fingerprint density at radius 2 is 1.85 bits per heavy atom. The largest absolute Gasteiger partial charge is 0.478 e. The predicted octanol–water partition coefficient (Wildman–Crippen LogP) is 4.63. The zero-order chi connectivity index (χ0) is 14.7. The van der Waals surface area contributed by atoms with Gasteiger partial charge >= 0.3 is 5.97 Å². The molecule has 0 fully saturated rings. The number of benzene rings is 2. The number of rotatable bonds is 4. The van der Waals surface area contributed by atoms with Crippen molar-refractivity contribution in [1.29, 1.82) is 0 Å². The van der Waals surface area contributed by atoms with E-state index in [-0.39, 0.29) is 6.04 Å². The number of aromatic carboxylic acids is 1. The predicted molar refractivity (Wildman–Crippen MR) is 84.3 cm³/mol. The standard InChI is InChI=1S/C16H16BrNO2/c1-10-4-3-5-14(16(19)20)15(10)18-11(2)12-6-8-13(17)9-7-12/h3-9,11,18H,1-2H3,(H,19,20). The molecule has 2 aromatic carbocycles. The van der Waals surface area contributed by atoms with Crippen LogP contribution in [0.4, 0.5) is 5.69 Å². The lowest BCUT2D eigenvalue weighted by Crippen LogP contribution is -2.12. The van der Waals surface area contributed by atoms with Crippen molar-refractivity contribution in [3.63, 3.8) is 0 Å². The number of nitrogens with one attached hydrogen (secondary N) is 1. The number of hydrogen-bond donors (Lipinski definition) is 2. The molecule has 2 rings (SSSR count). The lowest BCUT2D eigenvalue weighted by atomic mass is 10.0. The highest BCUT2D eigenvalue weighted by Crippen LogP contribution is 2.26. The van der Waals surface area contributed by atoms with Crippen LogP contribution in [0.15, 0.2) is 46.9 Å². The smallest absolute Gasteiger partial charge is 0.337 e. The van der Waals surface area contributed by atoms with Crippen LogP contribution < -0.4 is 5.32 Å². The molecule has 0 heterocycles. The van der Waals surface area contributed by atoms with E-state index in [0.29, 0.717) is 11.3 Å². The minimum absolute atomic E-state index is 0.0299. The minimum Gasteiger partial charge on any atom is -0.478 e. The number of hydrogen-bond acceptors (Lipinski definition) is 2. The van der Waals surface area contributed by atoms with Gasteiger partial charge in [0.05, 0.1) is 11.3 Å². The number of carbonyl (C=O) groups is 1. The molecule has 2 N–H and O–H groups in total. The average molecular weight is 334 g/mol. The molecule has 1 atom stereocenters. The molecule has 0 aliphatic rings. The third-order valence-corrected chi connectivity index (χ3v) is 3.76. The van der Waals surface area contributed by atoms with E-state index in [2.05, 4.69) is 21.2 Å². The minimum atomic E-state index is -0.917. The van der Waals surface area contributed by atoms with Gasteiger partial charge in [-0.15, -0.1) is 0 Å². The maximum atomic E-state index is 11.3. The van der Waals surface area contributed by atoms with Crippen LogP contribution in [0.25, 0.3) is 0 Å². The lowest BCUT2D eigenvalue weighted by Gasteiger charge is -2.19. The van der Waals surface area contributed by atoms with Crippen molar-refractivity contribution in [1.82, 2.24) is 0 Å². The SMILES string of the molecule is Cc1cccc(C(=O)O)c1NC(C)c1ccc(Br)cc1. The van der Waals surface area contributed by atoms with Gasteiger partial charge in [-0.25, -0.2) is 4.79 Å². The first-order valence-electron chi connectivity index (χ1n) is 6.34. The van der Waals surface area contributed by atoms with Crippen molar-refractivity contribution in [2.45, 2.75) is 19.9 Å². The molecule has 0 aliphatic carbocycles. The molecule has 0 amide bonds. The molecule has 0 spiro atoms. The van der Waals surface area contributed by atoms with Gasteiger partial charge in [-0.3, -0.25) is 0 Å². The van der Waals surface area contributed by atoms with Crippen LogP contribution in [-0.4, -0.2) is 11.1 Å². The molecule has 1 unspecified atom stereocenters. The van der Waals surface area contributed by atoms with Gasteiger partial charge in [0.15, 0.2) is 0 Å². The van der Waals surface area contributed by atoms with E-state index >= 15 is 0 Å². The van der Waals surface area contributed by atoms with E-state index in [1.807, 2.05) is 44.2 Å². The maximum Gasteiger partial charge on any atom is 0.337 e. The first-order valence-corrected chi connectivity index (χ1v) is 7.13. The summed E-state index contributed by atoms with van der Waals surface area (Å²) in [6, 6.07) is 13.3. The molecular formula is C16H16BrNO2. The van der Waals surface area contributed by atoms with Gasteiger partial charge in [-0.05, 0) is 43.2 Å². The fraction of sp³-hybridized carbons (Fsp3) is 0.188. The molecular weight excluding hydrogens is 318 g/mol. The summed E-state index contributed by atoms with van der Waals surface area (Å²) >= 11 is 3.41. The van der Waals surface area contributed by atoms with Gasteiger partial charge in [-0.2, -0.15) is 0 Å². The Labute approximate surface area is 126 Å². The van der Waals surface area contributed by atoms with Crippen molar-refractivity contribution >= 4 is 27.6 Å². The van der Waals surface area contributed by atoms with Crippen LogP contribution in [0, 0.1) is 6.92 Å². The van der Waals surface area contributed by atoms with E-state index in [4.69, 9.17) is 0 Å². The van der Waals surface area contributed by atoms with Crippen LogP contribution in [0.1, 0.15) is 34.5 Å². The molecule has 20 heavy (non-hydrogen) atoms. The fourth-order valence-corrected chi connectivity index (χ4v) is 2.35. The Morgan fingerprint density at radius 3 is 2.45 bits per heavy atom. The maximum absolute atomic E-state index is 11.3. The molecule has 0 aliphatic heterocycles. The van der Waals surface area contributed by atoms with E-state index < -0.39 is 5.97 Å². The molecule has 4 heteroatoms. The lowest BCUT2D eigenvalue weighted by molar-refractivity contribution is 0.0698. The topological polar surface area (TPSA) is 49.3 Å². The Balaban J connectivity index is 2.30. The van der Waals surface area contributed by atoms with Crippen LogP contribution in [0.3, 0.4) is 0 Å². The van der Waals surface area contributed by atoms with Gasteiger partial charge in [-0.1, -0.05) is 40.2 Å². The van der Waals surface area contributed by atoms with Crippen molar-refractivity contribution in [3.8, 4) is 0 Å². The number of aryl methyl sites for hydroxylation is 1. The van der Waals surface area contributed by atoms with Crippen LogP contribution in [-0.2, 0) is 0 Å². The van der Waals surface area contributed by atoms with Crippen molar-refractivity contribution in [2.75, 3.05) is 5.32 Å². The highest BCUT2D eigenvalue weighted by atomic mass is 79.9. The fourth-order valence-electron chi connectivity index (χ4n) is 2.09. The Bertz CT molecular complexity index is 623. The summed E-state index contributed by atoms with van der Waals surface area (Å²) in [6.45, 7) is 3.92. The van der Waals surface area contributed by atoms with E-state index in [1.165, 1.54) is 0 Å². The molecule has 104 valence electrons. The highest BCUT2D eigenvalue weighted by Gasteiger charge is 2.14. The van der Waals surface area contributed by atoms with E-state index in [0.717, 1.165) is 15.6 Å². The zero-order valence-corrected chi connectivity index (χ0v) is 12.9. The molecule has 2 aromatic rings. The van der Waals surface area contributed by atoms with Gasteiger partial charge in [0.2, 0.25) is 0 Å². The number of carboxylic acid groups (broad SMARTS) is 1. The molecule has 0 aromatic heterocycles. The first-order chi connectivity index (χ1) is 9.49. The number of anilines is 1. The average Bonchev–Trinajstić information content (AvgIpc) is 2.41. The number of halogens is 1. The second kappa shape index (κ2) is 6.09. The summed E-state index contributed by atoms with van der Waals surface area (Å²) < 4.78 is 1.02. The second-order valence-electron chi connectivity index (χ2n) is 4.72. The number of para-hydroxylation sites is 1. The third-order valence-electron chi connectivity index (χ3n) is 3.23. The molecule has 0 radical (unpaired) electrons. The van der Waals surface area contributed by atoms with Gasteiger partial charge in [0.25, 0.3) is 0 Å². The zero-order valence-electron chi connectivity index (χ0n) is 11.4. The second-order valence-corrected chi connectivity index (χ2v) is 5.64. The van der Waals surface area contributed by atoms with Crippen LogP contribution in [0.5, 0.6) is 0 Å². The summed E-state index contributed by atoms with van der Waals surface area (Å²) in [5.41, 5.74) is 3.01. The molecule has 3 nitrogen and oxygen atoms in total. The Morgan fingerprint density at radius 1 is 1.20 bits per heavy atom. The van der Waals surface area contributed by atoms with Gasteiger partial charge in [0, 0.05) is 10.5 Å². The van der Waals surface area contributed by atoms with Crippen molar-refractivity contribution < 1.29 is 9.90 Å². The normalized spacial score (nSPS) is 11.9. The highest BCUT2D eigenvalue weighted by molar-refractivity contribution is 9.10. The summed E-state index contributed by atoms with van der Waals surface area (Å²) in [7, 11) is 0. The number of carboxylic acids is 1. The van der Waals surface area contributed by atoms with Crippen molar-refractivity contribution in [2.24, 2.45) is 0 Å². The van der Waals surface area contributed by atoms with Gasteiger partial charge < -0.3 is 10.4 Å². The van der Waals surface area contributed by atoms with Gasteiger partial charge in [0.1, 0.15) is 0 Å². The summed E-state index contributed by atoms with van der Waals surface area (Å²) in [6.07, 6.45) is 0. The molecule has 0 saturated carbocycles.